The van der Waals surface area contributed by atoms with Gasteiger partial charge in [0.1, 0.15) is 11.6 Å². The van der Waals surface area contributed by atoms with Gasteiger partial charge in [0.15, 0.2) is 0 Å². The van der Waals surface area contributed by atoms with E-state index in [4.69, 9.17) is 0 Å². The summed E-state index contributed by atoms with van der Waals surface area (Å²) in [4.78, 5) is 12.0. The van der Waals surface area contributed by atoms with Crippen molar-refractivity contribution in [1.82, 2.24) is 0 Å². The summed E-state index contributed by atoms with van der Waals surface area (Å²) in [5, 5.41) is 12.1. The van der Waals surface area contributed by atoms with Crippen LogP contribution < -0.4 is 5.32 Å². The van der Waals surface area contributed by atoms with Gasteiger partial charge in [-0.2, -0.15) is 0 Å². The molecule has 0 aliphatic heterocycles. The lowest BCUT2D eigenvalue weighted by atomic mass is 10.1. The minimum atomic E-state index is -0.608. The van der Waals surface area contributed by atoms with Crippen LogP contribution in [0.2, 0.25) is 0 Å². The minimum absolute atomic E-state index is 0.0671. The zero-order valence-corrected chi connectivity index (χ0v) is 11.7. The molecule has 0 saturated heterocycles. The molecule has 0 heterocycles. The molecule has 19 heavy (non-hydrogen) atoms. The third kappa shape index (κ3) is 2.93. The predicted molar refractivity (Wildman–Crippen MR) is 74.9 cm³/mol. The molecule has 0 saturated carbocycles. The molecule has 2 N–H and O–H groups in total. The maximum absolute atomic E-state index is 13.6. The Kier molecular flexibility index (Phi) is 3.85. The fraction of sp³-hybridized carbons (Fsp3) is 0.0714. The Morgan fingerprint density at radius 3 is 2.68 bits per heavy atom. The van der Waals surface area contributed by atoms with E-state index in [0.717, 1.165) is 0 Å². The molecule has 98 valence electrons. The van der Waals surface area contributed by atoms with Gasteiger partial charge in [-0.3, -0.25) is 4.79 Å². The molecular weight excluding hydrogens is 313 g/mol. The lowest BCUT2D eigenvalue weighted by Gasteiger charge is -2.09. The second kappa shape index (κ2) is 5.40. The van der Waals surface area contributed by atoms with Crippen molar-refractivity contribution in [2.75, 3.05) is 5.32 Å². The SMILES string of the molecule is Cc1ccc(NC(=O)c2c(F)cccc2Br)cc1O. The number of amides is 1. The standard InChI is InChI=1S/C14H11BrFNO2/c1-8-5-6-9(7-12(8)18)17-14(19)13-10(15)3-2-4-11(13)16/h2-7,18H,1H3,(H,17,19). The van der Waals surface area contributed by atoms with Gasteiger partial charge in [-0.15, -0.1) is 0 Å². The number of anilines is 1. The average Bonchev–Trinajstić information content (AvgIpc) is 2.33. The maximum atomic E-state index is 13.6. The Morgan fingerprint density at radius 2 is 2.05 bits per heavy atom. The van der Waals surface area contributed by atoms with Gasteiger partial charge in [-0.1, -0.05) is 12.1 Å². The first-order valence-electron chi connectivity index (χ1n) is 5.54. The number of phenolic OH excluding ortho intramolecular Hbond substituents is 1. The van der Waals surface area contributed by atoms with Crippen LogP contribution in [0.4, 0.5) is 10.1 Å². The third-order valence-corrected chi connectivity index (χ3v) is 3.32. The van der Waals surface area contributed by atoms with Gasteiger partial charge in [0.05, 0.1) is 5.56 Å². The number of benzene rings is 2. The van der Waals surface area contributed by atoms with E-state index in [2.05, 4.69) is 21.2 Å². The summed E-state index contributed by atoms with van der Waals surface area (Å²) in [6.07, 6.45) is 0. The van der Waals surface area contributed by atoms with Crippen LogP contribution in [-0.2, 0) is 0 Å². The fourth-order valence-corrected chi connectivity index (χ4v) is 2.12. The highest BCUT2D eigenvalue weighted by Crippen LogP contribution is 2.24. The second-order valence-corrected chi connectivity index (χ2v) is 4.91. The number of carbonyl (C=O) groups excluding carboxylic acids is 1. The average molecular weight is 324 g/mol. The van der Waals surface area contributed by atoms with Gasteiger partial charge < -0.3 is 10.4 Å². The number of halogens is 2. The number of phenols is 1. The molecule has 0 fully saturated rings. The van der Waals surface area contributed by atoms with Crippen molar-refractivity contribution < 1.29 is 14.3 Å². The van der Waals surface area contributed by atoms with Crippen LogP contribution in [0.25, 0.3) is 0 Å². The number of aryl methyl sites for hydroxylation is 1. The molecule has 0 radical (unpaired) electrons. The molecule has 5 heteroatoms. The number of hydrogen-bond acceptors (Lipinski definition) is 2. The monoisotopic (exact) mass is 323 g/mol. The fourth-order valence-electron chi connectivity index (χ4n) is 1.60. The summed E-state index contributed by atoms with van der Waals surface area (Å²) in [5.41, 5.74) is 1.04. The van der Waals surface area contributed by atoms with Crippen molar-refractivity contribution in [2.24, 2.45) is 0 Å². The molecular formula is C14H11BrFNO2. The molecule has 0 aliphatic carbocycles. The topological polar surface area (TPSA) is 49.3 Å². The van der Waals surface area contributed by atoms with Crippen LogP contribution in [0.15, 0.2) is 40.9 Å². The molecule has 1 amide bonds. The van der Waals surface area contributed by atoms with E-state index in [9.17, 15) is 14.3 Å². The Bertz CT molecular complexity index is 623. The van der Waals surface area contributed by atoms with E-state index in [-0.39, 0.29) is 11.3 Å². The largest absolute Gasteiger partial charge is 0.508 e. The van der Waals surface area contributed by atoms with Crippen molar-refractivity contribution in [3.63, 3.8) is 0 Å². The zero-order valence-electron chi connectivity index (χ0n) is 10.1. The zero-order chi connectivity index (χ0) is 14.0. The molecule has 0 bridgehead atoms. The van der Waals surface area contributed by atoms with E-state index in [1.807, 2.05) is 0 Å². The Hall–Kier alpha value is -1.88. The normalized spacial score (nSPS) is 10.3. The van der Waals surface area contributed by atoms with E-state index in [1.54, 1.807) is 25.1 Å². The first-order chi connectivity index (χ1) is 8.99. The first kappa shape index (κ1) is 13.5. The van der Waals surface area contributed by atoms with Gasteiger partial charge in [-0.05, 0) is 46.6 Å². The van der Waals surface area contributed by atoms with Crippen LogP contribution in [0, 0.1) is 12.7 Å². The van der Waals surface area contributed by atoms with Crippen molar-refractivity contribution in [2.45, 2.75) is 6.92 Å². The molecule has 0 aliphatic rings. The molecule has 0 aromatic heterocycles. The summed E-state index contributed by atoms with van der Waals surface area (Å²) < 4.78 is 14.0. The highest BCUT2D eigenvalue weighted by molar-refractivity contribution is 9.10. The highest BCUT2D eigenvalue weighted by atomic mass is 79.9. The van der Waals surface area contributed by atoms with Crippen LogP contribution >= 0.6 is 15.9 Å². The maximum Gasteiger partial charge on any atom is 0.259 e. The molecule has 0 unspecified atom stereocenters. The number of nitrogens with one attached hydrogen (secondary N) is 1. The van der Waals surface area contributed by atoms with E-state index < -0.39 is 11.7 Å². The molecule has 0 atom stereocenters. The Balaban J connectivity index is 2.28. The summed E-state index contributed by atoms with van der Waals surface area (Å²) in [7, 11) is 0. The summed E-state index contributed by atoms with van der Waals surface area (Å²) >= 11 is 3.14. The third-order valence-electron chi connectivity index (χ3n) is 2.66. The predicted octanol–water partition coefficient (Wildman–Crippen LogP) is 3.85. The summed E-state index contributed by atoms with van der Waals surface area (Å²) in [6, 6.07) is 9.04. The molecule has 0 spiro atoms. The molecule has 2 rings (SSSR count). The number of carbonyl (C=O) groups is 1. The smallest absolute Gasteiger partial charge is 0.259 e. The highest BCUT2D eigenvalue weighted by Gasteiger charge is 2.15. The van der Waals surface area contributed by atoms with Crippen LogP contribution in [0.3, 0.4) is 0 Å². The number of aromatic hydroxyl groups is 1. The van der Waals surface area contributed by atoms with Crippen molar-refractivity contribution >= 4 is 27.5 Å². The Morgan fingerprint density at radius 1 is 1.32 bits per heavy atom. The van der Waals surface area contributed by atoms with Crippen LogP contribution in [0.1, 0.15) is 15.9 Å². The van der Waals surface area contributed by atoms with E-state index in [1.165, 1.54) is 18.2 Å². The quantitative estimate of drug-likeness (QED) is 0.881. The van der Waals surface area contributed by atoms with Crippen molar-refractivity contribution in [3.05, 3.63) is 57.8 Å². The van der Waals surface area contributed by atoms with Crippen LogP contribution in [0.5, 0.6) is 5.75 Å². The van der Waals surface area contributed by atoms with Gasteiger partial charge in [0.2, 0.25) is 0 Å². The number of rotatable bonds is 2. The minimum Gasteiger partial charge on any atom is -0.508 e. The van der Waals surface area contributed by atoms with Crippen LogP contribution in [-0.4, -0.2) is 11.0 Å². The van der Waals surface area contributed by atoms with E-state index >= 15 is 0 Å². The molecule has 2 aromatic carbocycles. The lowest BCUT2D eigenvalue weighted by molar-refractivity contribution is 0.102. The second-order valence-electron chi connectivity index (χ2n) is 4.05. The van der Waals surface area contributed by atoms with Gasteiger partial charge >= 0.3 is 0 Å². The number of hydrogen-bond donors (Lipinski definition) is 2. The van der Waals surface area contributed by atoms with Gasteiger partial charge in [0.25, 0.3) is 5.91 Å². The summed E-state index contributed by atoms with van der Waals surface area (Å²) in [6.45, 7) is 1.74. The van der Waals surface area contributed by atoms with Crippen molar-refractivity contribution in [3.8, 4) is 5.75 Å². The lowest BCUT2D eigenvalue weighted by Crippen LogP contribution is -2.14. The molecule has 2 aromatic rings. The molecule has 3 nitrogen and oxygen atoms in total. The van der Waals surface area contributed by atoms with Gasteiger partial charge in [0, 0.05) is 16.2 Å². The Labute approximate surface area is 118 Å². The summed E-state index contributed by atoms with van der Waals surface area (Å²) in [5.74, 6) is -1.11. The first-order valence-corrected chi connectivity index (χ1v) is 6.33. The van der Waals surface area contributed by atoms with Crippen molar-refractivity contribution in [1.29, 1.82) is 0 Å². The van der Waals surface area contributed by atoms with E-state index in [0.29, 0.717) is 15.7 Å². The van der Waals surface area contributed by atoms with Gasteiger partial charge in [-0.25, -0.2) is 4.39 Å².